The molecule has 0 spiro atoms. The Balaban J connectivity index is 5.39. The minimum atomic E-state index is -1.97. The van der Waals surface area contributed by atoms with E-state index in [0.717, 1.165) is 18.9 Å². The summed E-state index contributed by atoms with van der Waals surface area (Å²) in [5.41, 5.74) is 0.157. The van der Waals surface area contributed by atoms with Crippen molar-refractivity contribution in [2.75, 3.05) is 14.2 Å². The number of hydrogen-bond acceptors (Lipinski definition) is 5. The maximum atomic E-state index is 12.0. The lowest BCUT2D eigenvalue weighted by molar-refractivity contribution is -0.138. The average molecular weight is 413 g/mol. The highest BCUT2D eigenvalue weighted by molar-refractivity contribution is 6.74. The quantitative estimate of drug-likeness (QED) is 0.138. The Morgan fingerprint density at radius 2 is 1.61 bits per heavy atom. The zero-order chi connectivity index (χ0) is 21.8. The molecule has 0 rings (SSSR count). The van der Waals surface area contributed by atoms with Crippen molar-refractivity contribution in [3.63, 3.8) is 0 Å². The highest BCUT2D eigenvalue weighted by Gasteiger charge is 2.38. The number of rotatable bonds is 12. The van der Waals surface area contributed by atoms with Gasteiger partial charge in [-0.3, -0.25) is 0 Å². The van der Waals surface area contributed by atoms with Gasteiger partial charge in [-0.05, 0) is 30.6 Å². The first-order valence-corrected chi connectivity index (χ1v) is 13.1. The summed E-state index contributed by atoms with van der Waals surface area (Å²) in [7, 11) is 0.597. The van der Waals surface area contributed by atoms with E-state index in [0.29, 0.717) is 0 Å². The Morgan fingerprint density at radius 1 is 1.00 bits per heavy atom. The maximum absolute atomic E-state index is 12.0. The maximum Gasteiger partial charge on any atom is 0.338 e. The Kier molecular flexibility index (Phi) is 12.3. The molecule has 0 aromatic rings. The van der Waals surface area contributed by atoms with E-state index >= 15 is 0 Å². The van der Waals surface area contributed by atoms with E-state index < -0.39 is 20.3 Å². The van der Waals surface area contributed by atoms with Gasteiger partial charge >= 0.3 is 11.9 Å². The van der Waals surface area contributed by atoms with Crippen molar-refractivity contribution in [2.45, 2.75) is 90.5 Å². The molecule has 0 aliphatic rings. The molecule has 0 aliphatic heterocycles. The van der Waals surface area contributed by atoms with Crippen LogP contribution in [-0.4, -0.2) is 40.6 Å². The van der Waals surface area contributed by atoms with Gasteiger partial charge in [0.1, 0.15) is 0 Å². The third-order valence-corrected chi connectivity index (χ3v) is 9.73. The van der Waals surface area contributed by atoms with E-state index in [-0.39, 0.29) is 16.7 Å². The molecule has 0 aromatic heterocycles. The van der Waals surface area contributed by atoms with Crippen LogP contribution in [0.25, 0.3) is 0 Å². The first-order chi connectivity index (χ1) is 13.0. The first-order valence-electron chi connectivity index (χ1n) is 10.2. The lowest BCUT2D eigenvalue weighted by Gasteiger charge is -2.38. The van der Waals surface area contributed by atoms with E-state index in [9.17, 15) is 9.59 Å². The van der Waals surface area contributed by atoms with Crippen molar-refractivity contribution < 1.29 is 23.5 Å². The second kappa shape index (κ2) is 12.9. The Morgan fingerprint density at radius 3 is 2.11 bits per heavy atom. The summed E-state index contributed by atoms with van der Waals surface area (Å²) >= 11 is 0. The molecule has 0 fully saturated rings. The third-order valence-electron chi connectivity index (χ3n) is 5.23. The van der Waals surface area contributed by atoms with Gasteiger partial charge in [0.25, 0.3) is 0 Å². The average Bonchev–Trinajstić information content (AvgIpc) is 2.62. The fourth-order valence-electron chi connectivity index (χ4n) is 2.39. The monoisotopic (exact) mass is 412 g/mol. The zero-order valence-corrected chi connectivity index (χ0v) is 20.1. The summed E-state index contributed by atoms with van der Waals surface area (Å²) in [4.78, 5) is 23.5. The molecule has 5 nitrogen and oxygen atoms in total. The molecule has 162 valence electrons. The smallest absolute Gasteiger partial charge is 0.338 e. The molecule has 0 bridgehead atoms. The minimum absolute atomic E-state index is 0.0916. The number of methoxy groups -OCH3 is 2. The van der Waals surface area contributed by atoms with Crippen LogP contribution < -0.4 is 0 Å². The van der Waals surface area contributed by atoms with Gasteiger partial charge < -0.3 is 13.9 Å². The summed E-state index contributed by atoms with van der Waals surface area (Å²) in [5, 5.41) is 0.0916. The fraction of sp³-hybridized carbons (Fsp3) is 0.727. The van der Waals surface area contributed by atoms with Gasteiger partial charge in [-0.15, -0.1) is 0 Å². The number of carbonyl (C=O) groups is 2. The largest absolute Gasteiger partial charge is 0.466 e. The van der Waals surface area contributed by atoms with Crippen LogP contribution in [0, 0.1) is 0 Å². The van der Waals surface area contributed by atoms with Crippen LogP contribution in [0.5, 0.6) is 0 Å². The highest BCUT2D eigenvalue weighted by Crippen LogP contribution is 2.38. The predicted octanol–water partition coefficient (Wildman–Crippen LogP) is 5.57. The van der Waals surface area contributed by atoms with E-state index in [4.69, 9.17) is 9.16 Å². The van der Waals surface area contributed by atoms with Crippen LogP contribution in [-0.2, 0) is 23.5 Å². The van der Waals surface area contributed by atoms with Crippen molar-refractivity contribution in [1.82, 2.24) is 0 Å². The Hall–Kier alpha value is -1.40. The van der Waals surface area contributed by atoms with Crippen LogP contribution in [0.3, 0.4) is 0 Å². The number of esters is 2. The van der Waals surface area contributed by atoms with Gasteiger partial charge in [0.15, 0.2) is 8.32 Å². The number of hydrogen-bond donors (Lipinski definition) is 0. The standard InChI is InChI=1S/C22H40O5Si/c1-9-10-11-12-13-14-19(27-28(7,8)22(2,3)4)16-15-18(21(24)26-6)17-20(23)25-5/h15-17,19H,9-14H2,1-8H3. The Labute approximate surface area is 172 Å². The van der Waals surface area contributed by atoms with Crippen molar-refractivity contribution in [1.29, 1.82) is 0 Å². The van der Waals surface area contributed by atoms with Crippen LogP contribution in [0.15, 0.2) is 23.8 Å². The summed E-state index contributed by atoms with van der Waals surface area (Å²) in [6, 6.07) is 0. The van der Waals surface area contributed by atoms with E-state index in [1.807, 2.05) is 6.08 Å². The SMILES string of the molecule is CCCCCCCC(C=CC(=CC(=O)OC)C(=O)OC)O[Si](C)(C)C(C)(C)C. The van der Waals surface area contributed by atoms with Crippen LogP contribution >= 0.6 is 0 Å². The van der Waals surface area contributed by atoms with Gasteiger partial charge in [-0.2, -0.15) is 0 Å². The van der Waals surface area contributed by atoms with Gasteiger partial charge in [-0.1, -0.05) is 65.9 Å². The van der Waals surface area contributed by atoms with Crippen molar-refractivity contribution in [3.05, 3.63) is 23.8 Å². The molecule has 28 heavy (non-hydrogen) atoms. The van der Waals surface area contributed by atoms with E-state index in [2.05, 4.69) is 45.5 Å². The highest BCUT2D eigenvalue weighted by atomic mass is 28.4. The van der Waals surface area contributed by atoms with Gasteiger partial charge in [0.2, 0.25) is 0 Å². The number of carbonyl (C=O) groups excluding carboxylic acids is 2. The summed E-state index contributed by atoms with van der Waals surface area (Å²) in [6.07, 6.45) is 11.3. The molecule has 0 N–H and O–H groups in total. The lowest BCUT2D eigenvalue weighted by Crippen LogP contribution is -2.43. The summed E-state index contributed by atoms with van der Waals surface area (Å²) in [6.45, 7) is 13.3. The normalized spacial score (nSPS) is 14.2. The molecule has 0 saturated heterocycles. The summed E-state index contributed by atoms with van der Waals surface area (Å²) in [5.74, 6) is -1.16. The Bertz CT molecular complexity index is 544. The molecule has 0 amide bonds. The van der Waals surface area contributed by atoms with E-state index in [1.54, 1.807) is 6.08 Å². The zero-order valence-electron chi connectivity index (χ0n) is 19.1. The molecule has 0 aromatic carbocycles. The molecule has 0 saturated carbocycles. The molecular weight excluding hydrogens is 372 g/mol. The first kappa shape index (κ1) is 26.6. The third kappa shape index (κ3) is 10.2. The summed E-state index contributed by atoms with van der Waals surface area (Å²) < 4.78 is 16.0. The van der Waals surface area contributed by atoms with Gasteiger partial charge in [0, 0.05) is 6.08 Å². The predicted molar refractivity (Wildman–Crippen MR) is 117 cm³/mol. The molecule has 0 radical (unpaired) electrons. The molecule has 6 heteroatoms. The second-order valence-electron chi connectivity index (χ2n) is 8.59. The molecule has 1 unspecified atom stereocenters. The van der Waals surface area contributed by atoms with Crippen LogP contribution in [0.2, 0.25) is 18.1 Å². The van der Waals surface area contributed by atoms with E-state index in [1.165, 1.54) is 39.9 Å². The topological polar surface area (TPSA) is 61.8 Å². The number of unbranched alkanes of at least 4 members (excludes halogenated alkanes) is 4. The van der Waals surface area contributed by atoms with Crippen LogP contribution in [0.1, 0.15) is 66.2 Å². The van der Waals surface area contributed by atoms with Gasteiger partial charge in [-0.25, -0.2) is 9.59 Å². The minimum Gasteiger partial charge on any atom is -0.466 e. The second-order valence-corrected chi connectivity index (χ2v) is 13.3. The molecule has 0 aliphatic carbocycles. The molecular formula is C22H40O5Si. The fourth-order valence-corrected chi connectivity index (χ4v) is 3.70. The van der Waals surface area contributed by atoms with Crippen molar-refractivity contribution >= 4 is 20.3 Å². The molecule has 1 atom stereocenters. The lowest BCUT2D eigenvalue weighted by atomic mass is 10.1. The molecule has 0 heterocycles. The van der Waals surface area contributed by atoms with Crippen molar-refractivity contribution in [2.24, 2.45) is 0 Å². The van der Waals surface area contributed by atoms with Crippen molar-refractivity contribution in [3.8, 4) is 0 Å². The van der Waals surface area contributed by atoms with Gasteiger partial charge in [0.05, 0.1) is 25.9 Å². The van der Waals surface area contributed by atoms with Crippen LogP contribution in [0.4, 0.5) is 0 Å². The number of ether oxygens (including phenoxy) is 2.